The SMILES string of the molecule is O=Cc1c(O)cc(O)c2nc3c(C(=O)NCCNCCO)ccc(O)c3nc12. The molecule has 0 unspecified atom stereocenters. The van der Waals surface area contributed by atoms with Crippen LogP contribution in [0.3, 0.4) is 0 Å². The van der Waals surface area contributed by atoms with Gasteiger partial charge in [-0.25, -0.2) is 9.97 Å². The minimum absolute atomic E-state index is 0.0129. The molecule has 1 heterocycles. The number of hydrogen-bond acceptors (Lipinski definition) is 9. The van der Waals surface area contributed by atoms with Gasteiger partial charge in [-0.05, 0) is 12.1 Å². The Morgan fingerprint density at radius 3 is 2.36 bits per heavy atom. The number of phenolic OH excluding ortho intramolecular Hbond substituents is 3. The smallest absolute Gasteiger partial charge is 0.253 e. The Hall–Kier alpha value is -3.50. The number of aromatic hydroxyl groups is 3. The largest absolute Gasteiger partial charge is 0.507 e. The molecule has 10 nitrogen and oxygen atoms in total. The zero-order valence-corrected chi connectivity index (χ0v) is 14.6. The Morgan fingerprint density at radius 1 is 0.929 bits per heavy atom. The lowest BCUT2D eigenvalue weighted by atomic mass is 10.1. The van der Waals surface area contributed by atoms with E-state index in [0.717, 1.165) is 6.07 Å². The number of aliphatic hydroxyl groups is 1. The lowest BCUT2D eigenvalue weighted by Gasteiger charge is -2.11. The van der Waals surface area contributed by atoms with Gasteiger partial charge in [-0.1, -0.05) is 0 Å². The van der Waals surface area contributed by atoms with Crippen molar-refractivity contribution in [1.82, 2.24) is 20.6 Å². The first kappa shape index (κ1) is 19.3. The first-order valence-electron chi connectivity index (χ1n) is 8.41. The molecule has 0 saturated heterocycles. The molecule has 28 heavy (non-hydrogen) atoms. The number of aromatic nitrogens is 2. The maximum atomic E-state index is 12.5. The third kappa shape index (κ3) is 3.50. The molecule has 0 aliphatic heterocycles. The molecule has 146 valence electrons. The van der Waals surface area contributed by atoms with Crippen molar-refractivity contribution >= 4 is 34.3 Å². The monoisotopic (exact) mass is 386 g/mol. The topological polar surface area (TPSA) is 165 Å². The number of phenols is 3. The number of amides is 1. The molecule has 10 heteroatoms. The predicted molar refractivity (Wildman–Crippen MR) is 99.7 cm³/mol. The van der Waals surface area contributed by atoms with Gasteiger partial charge in [0, 0.05) is 25.7 Å². The summed E-state index contributed by atoms with van der Waals surface area (Å²) >= 11 is 0. The van der Waals surface area contributed by atoms with Gasteiger partial charge in [0.05, 0.1) is 17.7 Å². The van der Waals surface area contributed by atoms with Gasteiger partial charge in [-0.3, -0.25) is 9.59 Å². The van der Waals surface area contributed by atoms with Gasteiger partial charge in [0.15, 0.2) is 6.29 Å². The number of nitrogens with zero attached hydrogens (tertiary/aromatic N) is 2. The number of carbonyl (C=O) groups excluding carboxylic acids is 2. The van der Waals surface area contributed by atoms with E-state index in [1.807, 2.05) is 0 Å². The van der Waals surface area contributed by atoms with E-state index in [1.165, 1.54) is 12.1 Å². The van der Waals surface area contributed by atoms with E-state index in [4.69, 9.17) is 5.11 Å². The van der Waals surface area contributed by atoms with Crippen LogP contribution in [0.1, 0.15) is 20.7 Å². The number of rotatable bonds is 7. The molecular formula is C18H18N4O6. The summed E-state index contributed by atoms with van der Waals surface area (Å²) in [6, 6.07) is 3.60. The second-order valence-electron chi connectivity index (χ2n) is 5.93. The summed E-state index contributed by atoms with van der Waals surface area (Å²) in [5.74, 6) is -1.64. The van der Waals surface area contributed by atoms with Crippen LogP contribution < -0.4 is 10.6 Å². The maximum Gasteiger partial charge on any atom is 0.253 e. The predicted octanol–water partition coefficient (Wildman–Crippen LogP) is 0.0240. The van der Waals surface area contributed by atoms with Crippen molar-refractivity contribution in [2.24, 2.45) is 0 Å². The fourth-order valence-electron chi connectivity index (χ4n) is 2.75. The molecule has 0 radical (unpaired) electrons. The number of fused-ring (bicyclic) bond motifs is 2. The van der Waals surface area contributed by atoms with Crippen molar-refractivity contribution in [3.63, 3.8) is 0 Å². The third-order valence-corrected chi connectivity index (χ3v) is 4.09. The van der Waals surface area contributed by atoms with Gasteiger partial charge in [0.1, 0.15) is 39.3 Å². The Kier molecular flexibility index (Phi) is 5.52. The Balaban J connectivity index is 2.08. The van der Waals surface area contributed by atoms with E-state index in [2.05, 4.69) is 20.6 Å². The van der Waals surface area contributed by atoms with Crippen LogP contribution in [-0.4, -0.2) is 68.8 Å². The molecule has 0 aliphatic carbocycles. The first-order valence-corrected chi connectivity index (χ1v) is 8.41. The van der Waals surface area contributed by atoms with Crippen LogP contribution >= 0.6 is 0 Å². The molecule has 3 rings (SSSR count). The Bertz CT molecular complexity index is 1070. The molecule has 0 spiro atoms. The lowest BCUT2D eigenvalue weighted by Crippen LogP contribution is -2.33. The Morgan fingerprint density at radius 2 is 1.64 bits per heavy atom. The summed E-state index contributed by atoms with van der Waals surface area (Å²) in [6.07, 6.45) is 0.366. The standard InChI is InChI=1S/C18H18N4O6/c23-6-5-19-3-4-20-18(28)9-1-2-11(25)16-14(9)21-17-13(27)7-12(26)10(8-24)15(17)22-16/h1-2,7-8,19,23,25-27H,3-6H2,(H,20,28). The molecular weight excluding hydrogens is 368 g/mol. The fraction of sp³-hybridized carbons (Fsp3) is 0.222. The van der Waals surface area contributed by atoms with Crippen LogP contribution in [-0.2, 0) is 0 Å². The summed E-state index contributed by atoms with van der Waals surface area (Å²) < 4.78 is 0. The average molecular weight is 386 g/mol. The quantitative estimate of drug-likeness (QED) is 0.186. The highest BCUT2D eigenvalue weighted by molar-refractivity contribution is 6.09. The van der Waals surface area contributed by atoms with Crippen molar-refractivity contribution < 1.29 is 30.0 Å². The van der Waals surface area contributed by atoms with Gasteiger partial charge >= 0.3 is 0 Å². The third-order valence-electron chi connectivity index (χ3n) is 4.09. The van der Waals surface area contributed by atoms with Crippen LogP contribution in [0.2, 0.25) is 0 Å². The molecule has 3 aromatic rings. The molecule has 0 fully saturated rings. The van der Waals surface area contributed by atoms with E-state index in [1.54, 1.807) is 0 Å². The van der Waals surface area contributed by atoms with Gasteiger partial charge in [0.25, 0.3) is 5.91 Å². The molecule has 1 aromatic heterocycles. The average Bonchev–Trinajstić information content (AvgIpc) is 2.67. The van der Waals surface area contributed by atoms with E-state index in [9.17, 15) is 24.9 Å². The zero-order chi connectivity index (χ0) is 20.3. The number of hydrogen-bond donors (Lipinski definition) is 6. The van der Waals surface area contributed by atoms with Crippen LogP contribution in [0.25, 0.3) is 22.1 Å². The van der Waals surface area contributed by atoms with Crippen LogP contribution in [0.5, 0.6) is 17.2 Å². The van der Waals surface area contributed by atoms with Crippen LogP contribution in [0.4, 0.5) is 0 Å². The summed E-state index contributed by atoms with van der Waals surface area (Å²) in [6.45, 7) is 1.12. The van der Waals surface area contributed by atoms with Crippen molar-refractivity contribution in [1.29, 1.82) is 0 Å². The van der Waals surface area contributed by atoms with Crippen LogP contribution in [0.15, 0.2) is 18.2 Å². The number of nitrogens with one attached hydrogen (secondary N) is 2. The number of carbonyl (C=O) groups is 2. The van der Waals surface area contributed by atoms with Crippen molar-refractivity contribution in [3.05, 3.63) is 29.3 Å². The van der Waals surface area contributed by atoms with Crippen LogP contribution in [0, 0.1) is 0 Å². The molecule has 6 N–H and O–H groups in total. The van der Waals surface area contributed by atoms with E-state index in [-0.39, 0.29) is 52.1 Å². The molecule has 0 bridgehead atoms. The molecule has 1 amide bonds. The summed E-state index contributed by atoms with van der Waals surface area (Å²) in [4.78, 5) is 32.2. The highest BCUT2D eigenvalue weighted by atomic mass is 16.3. The van der Waals surface area contributed by atoms with Gasteiger partial charge in [-0.15, -0.1) is 0 Å². The lowest BCUT2D eigenvalue weighted by molar-refractivity contribution is 0.0955. The van der Waals surface area contributed by atoms with E-state index < -0.39 is 17.4 Å². The van der Waals surface area contributed by atoms with E-state index >= 15 is 0 Å². The highest BCUT2D eigenvalue weighted by Gasteiger charge is 2.20. The number of benzene rings is 2. The summed E-state index contributed by atoms with van der Waals surface area (Å²) in [5, 5.41) is 44.3. The minimum Gasteiger partial charge on any atom is -0.507 e. The van der Waals surface area contributed by atoms with Crippen molar-refractivity contribution in [2.75, 3.05) is 26.2 Å². The van der Waals surface area contributed by atoms with E-state index in [0.29, 0.717) is 19.4 Å². The molecule has 2 aromatic carbocycles. The summed E-state index contributed by atoms with van der Waals surface area (Å²) in [7, 11) is 0. The van der Waals surface area contributed by atoms with Gasteiger partial charge in [-0.2, -0.15) is 0 Å². The van der Waals surface area contributed by atoms with Crippen molar-refractivity contribution in [3.8, 4) is 17.2 Å². The van der Waals surface area contributed by atoms with Gasteiger partial charge < -0.3 is 31.1 Å². The molecule has 0 atom stereocenters. The maximum absolute atomic E-state index is 12.5. The second kappa shape index (κ2) is 8.03. The normalized spacial score (nSPS) is 11.0. The fourth-order valence-corrected chi connectivity index (χ4v) is 2.75. The minimum atomic E-state index is -0.475. The summed E-state index contributed by atoms with van der Waals surface area (Å²) in [5.41, 5.74) is -0.272. The highest BCUT2D eigenvalue weighted by Crippen LogP contribution is 2.35. The Labute approximate surface area is 158 Å². The van der Waals surface area contributed by atoms with Gasteiger partial charge in [0.2, 0.25) is 0 Å². The van der Waals surface area contributed by atoms with Crippen molar-refractivity contribution in [2.45, 2.75) is 0 Å². The molecule has 0 aliphatic rings. The number of aliphatic hydroxyl groups excluding tert-OH is 1. The zero-order valence-electron chi connectivity index (χ0n) is 14.6. The first-order chi connectivity index (χ1) is 13.5. The number of aldehydes is 1. The second-order valence-corrected chi connectivity index (χ2v) is 5.93. The molecule has 0 saturated carbocycles.